The molecule has 2 aliphatic heterocycles. The topological polar surface area (TPSA) is 49.4 Å². The van der Waals surface area contributed by atoms with E-state index < -0.39 is 10.0 Å². The number of sulfonamides is 1. The van der Waals surface area contributed by atoms with Gasteiger partial charge in [-0.25, -0.2) is 8.42 Å². The van der Waals surface area contributed by atoms with Gasteiger partial charge in [-0.05, 0) is 36.8 Å². The fourth-order valence-corrected chi connectivity index (χ4v) is 5.52. The van der Waals surface area contributed by atoms with Gasteiger partial charge in [0.15, 0.2) is 0 Å². The Labute approximate surface area is 131 Å². The molecule has 4 nitrogen and oxygen atoms in total. The third-order valence-corrected chi connectivity index (χ3v) is 6.91. The number of nitrogens with one attached hydrogen (secondary N) is 1. The summed E-state index contributed by atoms with van der Waals surface area (Å²) in [5.74, 6) is 0.457. The molecule has 2 unspecified atom stereocenters. The first-order valence-electron chi connectivity index (χ1n) is 7.87. The minimum Gasteiger partial charge on any atom is -0.314 e. The molecule has 22 heavy (non-hydrogen) atoms. The average molecular weight is 316 g/mol. The summed E-state index contributed by atoms with van der Waals surface area (Å²) in [7, 11) is -3.42. The minimum atomic E-state index is -3.42. The number of piperidine rings is 1. The Bertz CT molecular complexity index is 798. The van der Waals surface area contributed by atoms with E-state index in [9.17, 15) is 8.42 Å². The smallest absolute Gasteiger partial charge is 0.243 e. The van der Waals surface area contributed by atoms with E-state index in [1.54, 1.807) is 10.4 Å². The lowest BCUT2D eigenvalue weighted by atomic mass is 9.95. The van der Waals surface area contributed by atoms with Crippen molar-refractivity contribution >= 4 is 20.8 Å². The Balaban J connectivity index is 1.73. The number of benzene rings is 2. The van der Waals surface area contributed by atoms with Crippen molar-refractivity contribution < 1.29 is 8.42 Å². The van der Waals surface area contributed by atoms with Crippen LogP contribution in [0, 0.1) is 5.92 Å². The van der Waals surface area contributed by atoms with Crippen molar-refractivity contribution in [2.75, 3.05) is 19.6 Å². The summed E-state index contributed by atoms with van der Waals surface area (Å²) < 4.78 is 27.9. The molecule has 2 aromatic rings. The predicted octanol–water partition coefficient (Wildman–Crippen LogP) is 2.21. The summed E-state index contributed by atoms with van der Waals surface area (Å²) >= 11 is 0. The SMILES string of the molecule is O=S(=O)(c1cccc2ccccc12)N1CCC2NCCC2C1. The van der Waals surface area contributed by atoms with Gasteiger partial charge in [-0.1, -0.05) is 36.4 Å². The highest BCUT2D eigenvalue weighted by Gasteiger charge is 2.37. The first kappa shape index (κ1) is 14.2. The molecule has 0 saturated carbocycles. The first-order valence-corrected chi connectivity index (χ1v) is 9.31. The number of hydrogen-bond donors (Lipinski definition) is 1. The van der Waals surface area contributed by atoms with Gasteiger partial charge >= 0.3 is 0 Å². The second-order valence-electron chi connectivity index (χ2n) is 6.24. The van der Waals surface area contributed by atoms with E-state index in [1.165, 1.54) is 0 Å². The molecule has 0 aliphatic carbocycles. The lowest BCUT2D eigenvalue weighted by molar-refractivity contribution is 0.247. The quantitative estimate of drug-likeness (QED) is 0.924. The van der Waals surface area contributed by atoms with E-state index in [4.69, 9.17) is 0 Å². The highest BCUT2D eigenvalue weighted by Crippen LogP contribution is 2.31. The van der Waals surface area contributed by atoms with E-state index in [-0.39, 0.29) is 0 Å². The van der Waals surface area contributed by atoms with Crippen LogP contribution in [0.1, 0.15) is 12.8 Å². The zero-order valence-corrected chi connectivity index (χ0v) is 13.2. The number of fused-ring (bicyclic) bond motifs is 2. The van der Waals surface area contributed by atoms with Crippen LogP contribution in [-0.2, 0) is 10.0 Å². The Morgan fingerprint density at radius 1 is 1.05 bits per heavy atom. The van der Waals surface area contributed by atoms with E-state index in [0.29, 0.717) is 29.9 Å². The molecular formula is C17H20N2O2S. The van der Waals surface area contributed by atoms with Crippen molar-refractivity contribution in [2.24, 2.45) is 5.92 Å². The van der Waals surface area contributed by atoms with Gasteiger partial charge in [0, 0.05) is 24.5 Å². The molecule has 2 aliphatic rings. The van der Waals surface area contributed by atoms with Gasteiger partial charge in [-0.3, -0.25) is 0 Å². The lowest BCUT2D eigenvalue weighted by Gasteiger charge is -2.34. The van der Waals surface area contributed by atoms with Crippen LogP contribution in [0.25, 0.3) is 10.8 Å². The zero-order chi connectivity index (χ0) is 15.2. The lowest BCUT2D eigenvalue weighted by Crippen LogP contribution is -2.46. The van der Waals surface area contributed by atoms with Crippen LogP contribution >= 0.6 is 0 Å². The van der Waals surface area contributed by atoms with Crippen molar-refractivity contribution in [2.45, 2.75) is 23.8 Å². The summed E-state index contributed by atoms with van der Waals surface area (Å²) in [6.07, 6.45) is 1.99. The molecule has 2 saturated heterocycles. The van der Waals surface area contributed by atoms with Crippen LogP contribution in [0.2, 0.25) is 0 Å². The normalized spacial score (nSPS) is 26.2. The summed E-state index contributed by atoms with van der Waals surface area (Å²) in [6.45, 7) is 2.26. The highest BCUT2D eigenvalue weighted by atomic mass is 32.2. The van der Waals surface area contributed by atoms with E-state index in [0.717, 1.165) is 30.2 Å². The van der Waals surface area contributed by atoms with Gasteiger partial charge < -0.3 is 5.32 Å². The average Bonchev–Trinajstić information content (AvgIpc) is 3.02. The maximum Gasteiger partial charge on any atom is 0.243 e. The fraction of sp³-hybridized carbons (Fsp3) is 0.412. The highest BCUT2D eigenvalue weighted by molar-refractivity contribution is 7.89. The summed E-state index contributed by atoms with van der Waals surface area (Å²) in [4.78, 5) is 0.440. The molecule has 5 heteroatoms. The zero-order valence-electron chi connectivity index (χ0n) is 12.4. The Kier molecular flexibility index (Phi) is 3.44. The molecular weight excluding hydrogens is 296 g/mol. The van der Waals surface area contributed by atoms with Crippen molar-refractivity contribution in [3.63, 3.8) is 0 Å². The Morgan fingerprint density at radius 2 is 1.86 bits per heavy atom. The monoisotopic (exact) mass is 316 g/mol. The number of nitrogens with zero attached hydrogens (tertiary/aromatic N) is 1. The maximum atomic E-state index is 13.1. The third-order valence-electron chi connectivity index (χ3n) is 4.99. The predicted molar refractivity (Wildman–Crippen MR) is 87.2 cm³/mol. The van der Waals surface area contributed by atoms with Crippen molar-refractivity contribution in [3.05, 3.63) is 42.5 Å². The molecule has 0 bridgehead atoms. The minimum absolute atomic E-state index is 0.440. The largest absolute Gasteiger partial charge is 0.314 e. The summed E-state index contributed by atoms with van der Waals surface area (Å²) in [5, 5.41) is 5.27. The second-order valence-corrected chi connectivity index (χ2v) is 8.14. The molecule has 2 aromatic carbocycles. The van der Waals surface area contributed by atoms with Crippen molar-refractivity contribution in [1.82, 2.24) is 9.62 Å². The van der Waals surface area contributed by atoms with Gasteiger partial charge in [0.1, 0.15) is 0 Å². The molecule has 2 atom stereocenters. The third kappa shape index (κ3) is 2.24. The molecule has 0 radical (unpaired) electrons. The second kappa shape index (κ2) is 5.33. The molecule has 2 heterocycles. The van der Waals surface area contributed by atoms with Gasteiger partial charge in [-0.2, -0.15) is 4.31 Å². The molecule has 0 amide bonds. The fourth-order valence-electron chi connectivity index (χ4n) is 3.79. The van der Waals surface area contributed by atoms with Crippen LogP contribution in [0.3, 0.4) is 0 Å². The number of rotatable bonds is 2. The van der Waals surface area contributed by atoms with Crippen molar-refractivity contribution in [1.29, 1.82) is 0 Å². The standard InChI is InChI=1S/C17H20N2O2S/c20-22(21,19-11-9-16-14(12-19)8-10-18-16)17-7-3-5-13-4-1-2-6-15(13)17/h1-7,14,16,18H,8-12H2. The van der Waals surface area contributed by atoms with Gasteiger partial charge in [-0.15, -0.1) is 0 Å². The van der Waals surface area contributed by atoms with Gasteiger partial charge in [0.2, 0.25) is 10.0 Å². The molecule has 4 rings (SSSR count). The molecule has 2 fully saturated rings. The van der Waals surface area contributed by atoms with E-state index in [1.807, 2.05) is 36.4 Å². The van der Waals surface area contributed by atoms with Crippen LogP contribution in [0.15, 0.2) is 47.4 Å². The molecule has 1 N–H and O–H groups in total. The maximum absolute atomic E-state index is 13.1. The van der Waals surface area contributed by atoms with Crippen LogP contribution < -0.4 is 5.32 Å². The Morgan fingerprint density at radius 3 is 2.77 bits per heavy atom. The van der Waals surface area contributed by atoms with Gasteiger partial charge in [0.25, 0.3) is 0 Å². The summed E-state index contributed by atoms with van der Waals surface area (Å²) in [6, 6.07) is 13.7. The molecule has 116 valence electrons. The van der Waals surface area contributed by atoms with Crippen LogP contribution in [0.5, 0.6) is 0 Å². The molecule has 0 spiro atoms. The van der Waals surface area contributed by atoms with E-state index in [2.05, 4.69) is 5.32 Å². The number of hydrogen-bond acceptors (Lipinski definition) is 3. The first-order chi connectivity index (χ1) is 10.7. The Hall–Kier alpha value is -1.43. The van der Waals surface area contributed by atoms with Crippen molar-refractivity contribution in [3.8, 4) is 0 Å². The van der Waals surface area contributed by atoms with Crippen LogP contribution in [-0.4, -0.2) is 38.4 Å². The summed E-state index contributed by atoms with van der Waals surface area (Å²) in [5.41, 5.74) is 0. The van der Waals surface area contributed by atoms with Gasteiger partial charge in [0.05, 0.1) is 4.90 Å². The molecule has 0 aromatic heterocycles. The van der Waals surface area contributed by atoms with E-state index >= 15 is 0 Å². The van der Waals surface area contributed by atoms with Crippen LogP contribution in [0.4, 0.5) is 0 Å².